The van der Waals surface area contributed by atoms with Crippen molar-refractivity contribution in [3.8, 4) is 6.07 Å². The van der Waals surface area contributed by atoms with Crippen molar-refractivity contribution in [1.29, 1.82) is 5.26 Å². The van der Waals surface area contributed by atoms with Gasteiger partial charge in [0.2, 0.25) is 0 Å². The first-order chi connectivity index (χ1) is 5.15. The monoisotopic (exact) mass is 187 g/mol. The zero-order valence-corrected chi connectivity index (χ0v) is 7.70. The molecule has 3 nitrogen and oxygen atoms in total. The summed E-state index contributed by atoms with van der Waals surface area (Å²) in [6.45, 7) is 0. The van der Waals surface area contributed by atoms with Crippen LogP contribution in [0.15, 0.2) is 0 Å². The summed E-state index contributed by atoms with van der Waals surface area (Å²) in [6.07, 6.45) is 0. The third-order valence-electron chi connectivity index (χ3n) is 1.06. The molecular weight excluding hydrogens is 182 g/mol. The van der Waals surface area contributed by atoms with Gasteiger partial charge in [-0.15, -0.1) is 0 Å². The number of anilines is 1. The maximum absolute atomic E-state index is 8.53. The van der Waals surface area contributed by atoms with Crippen LogP contribution in [0.25, 0.3) is 0 Å². The molecule has 0 unspecified atom stereocenters. The van der Waals surface area contributed by atoms with Gasteiger partial charge < -0.3 is 4.90 Å². The summed E-state index contributed by atoms with van der Waals surface area (Å²) in [5, 5.41) is 9.58. The lowest BCUT2D eigenvalue weighted by Gasteiger charge is -2.04. The minimum atomic E-state index is 0.293. The smallest absolute Gasteiger partial charge is 0.187 e. The van der Waals surface area contributed by atoms with Gasteiger partial charge in [0.05, 0.1) is 0 Å². The predicted molar refractivity (Wildman–Crippen MR) is 46.2 cm³/mol. The summed E-state index contributed by atoms with van der Waals surface area (Å²) in [6, 6.07) is 1.97. The molecule has 0 amide bonds. The van der Waals surface area contributed by atoms with Crippen LogP contribution >= 0.6 is 22.9 Å². The van der Waals surface area contributed by atoms with E-state index in [2.05, 4.69) is 4.98 Å². The van der Waals surface area contributed by atoms with E-state index in [9.17, 15) is 0 Å². The van der Waals surface area contributed by atoms with Crippen molar-refractivity contribution in [1.82, 2.24) is 4.98 Å². The van der Waals surface area contributed by atoms with Crippen molar-refractivity contribution < 1.29 is 0 Å². The maximum atomic E-state index is 8.53. The Morgan fingerprint density at radius 3 is 2.55 bits per heavy atom. The SMILES string of the molecule is CN(C)c1nc(Cl)c(C#N)s1. The van der Waals surface area contributed by atoms with Crippen LogP contribution in [0.3, 0.4) is 0 Å². The van der Waals surface area contributed by atoms with Gasteiger partial charge in [-0.3, -0.25) is 0 Å². The fraction of sp³-hybridized carbons (Fsp3) is 0.333. The third kappa shape index (κ3) is 1.62. The fourth-order valence-electron chi connectivity index (χ4n) is 0.551. The van der Waals surface area contributed by atoms with Crippen LogP contribution in [-0.4, -0.2) is 19.1 Å². The van der Waals surface area contributed by atoms with E-state index in [1.165, 1.54) is 11.3 Å². The minimum Gasteiger partial charge on any atom is -0.354 e. The van der Waals surface area contributed by atoms with E-state index < -0.39 is 0 Å². The van der Waals surface area contributed by atoms with E-state index in [-0.39, 0.29) is 0 Å². The average Bonchev–Trinajstić information content (AvgIpc) is 2.31. The highest BCUT2D eigenvalue weighted by atomic mass is 35.5. The molecule has 0 aliphatic carbocycles. The molecule has 0 bridgehead atoms. The first-order valence-electron chi connectivity index (χ1n) is 2.89. The zero-order chi connectivity index (χ0) is 8.43. The van der Waals surface area contributed by atoms with Gasteiger partial charge in [-0.25, -0.2) is 4.98 Å². The van der Waals surface area contributed by atoms with Crippen molar-refractivity contribution in [3.63, 3.8) is 0 Å². The molecule has 0 aliphatic rings. The average molecular weight is 188 g/mol. The molecule has 0 fully saturated rings. The number of nitriles is 1. The number of thiazole rings is 1. The molecule has 0 aliphatic heterocycles. The Kier molecular flexibility index (Phi) is 2.32. The van der Waals surface area contributed by atoms with E-state index in [0.717, 1.165) is 5.13 Å². The fourth-order valence-corrected chi connectivity index (χ4v) is 1.52. The maximum Gasteiger partial charge on any atom is 0.187 e. The van der Waals surface area contributed by atoms with Crippen LogP contribution in [0.2, 0.25) is 5.15 Å². The van der Waals surface area contributed by atoms with Crippen LogP contribution in [-0.2, 0) is 0 Å². The highest BCUT2D eigenvalue weighted by Gasteiger charge is 2.08. The summed E-state index contributed by atoms with van der Waals surface area (Å²) in [5.74, 6) is 0. The van der Waals surface area contributed by atoms with Crippen LogP contribution in [0, 0.1) is 11.3 Å². The molecule has 0 radical (unpaired) electrons. The lowest BCUT2D eigenvalue weighted by atomic mass is 10.6. The van der Waals surface area contributed by atoms with Gasteiger partial charge >= 0.3 is 0 Å². The van der Waals surface area contributed by atoms with Crippen molar-refractivity contribution in [2.24, 2.45) is 0 Å². The molecule has 0 spiro atoms. The predicted octanol–water partition coefficient (Wildman–Crippen LogP) is 1.73. The van der Waals surface area contributed by atoms with Gasteiger partial charge in [0, 0.05) is 14.1 Å². The van der Waals surface area contributed by atoms with Gasteiger partial charge in [-0.1, -0.05) is 22.9 Å². The largest absolute Gasteiger partial charge is 0.354 e. The van der Waals surface area contributed by atoms with Crippen LogP contribution in [0.4, 0.5) is 5.13 Å². The lowest BCUT2D eigenvalue weighted by molar-refractivity contribution is 1.10. The molecule has 0 aromatic carbocycles. The van der Waals surface area contributed by atoms with Gasteiger partial charge in [-0.2, -0.15) is 5.26 Å². The molecule has 1 rings (SSSR count). The quantitative estimate of drug-likeness (QED) is 0.673. The second-order valence-electron chi connectivity index (χ2n) is 2.12. The number of hydrogen-bond donors (Lipinski definition) is 0. The van der Waals surface area contributed by atoms with E-state index >= 15 is 0 Å². The van der Waals surface area contributed by atoms with E-state index in [4.69, 9.17) is 16.9 Å². The zero-order valence-electron chi connectivity index (χ0n) is 6.13. The number of halogens is 1. The summed E-state index contributed by atoms with van der Waals surface area (Å²) < 4.78 is 0. The molecule has 1 aromatic rings. The minimum absolute atomic E-state index is 0.293. The van der Waals surface area contributed by atoms with Crippen LogP contribution in [0.5, 0.6) is 0 Å². The molecule has 5 heteroatoms. The normalized spacial score (nSPS) is 9.27. The van der Waals surface area contributed by atoms with Crippen molar-refractivity contribution in [2.45, 2.75) is 0 Å². The van der Waals surface area contributed by atoms with Crippen LogP contribution in [0.1, 0.15) is 4.88 Å². The Morgan fingerprint density at radius 1 is 1.64 bits per heavy atom. The first-order valence-corrected chi connectivity index (χ1v) is 4.08. The molecule has 1 heterocycles. The van der Waals surface area contributed by atoms with Gasteiger partial charge in [0.15, 0.2) is 10.3 Å². The van der Waals surface area contributed by atoms with E-state index in [0.29, 0.717) is 10.0 Å². The van der Waals surface area contributed by atoms with Gasteiger partial charge in [0.1, 0.15) is 10.9 Å². The molecule has 58 valence electrons. The Bertz CT molecular complexity index is 299. The standard InChI is InChI=1S/C6H6ClN3S/c1-10(2)6-9-5(7)4(3-8)11-6/h1-2H3. The second kappa shape index (κ2) is 3.07. The topological polar surface area (TPSA) is 39.9 Å². The molecule has 11 heavy (non-hydrogen) atoms. The molecular formula is C6H6ClN3S. The Morgan fingerprint density at radius 2 is 2.27 bits per heavy atom. The van der Waals surface area contributed by atoms with E-state index in [1.54, 1.807) is 0 Å². The van der Waals surface area contributed by atoms with E-state index in [1.807, 2.05) is 25.1 Å². The Labute approximate surface area is 73.8 Å². The molecule has 0 saturated carbocycles. The summed E-state index contributed by atoms with van der Waals surface area (Å²) in [5.41, 5.74) is 0. The van der Waals surface area contributed by atoms with Crippen molar-refractivity contribution in [2.75, 3.05) is 19.0 Å². The third-order valence-corrected chi connectivity index (χ3v) is 2.57. The number of aromatic nitrogens is 1. The number of nitrogens with zero attached hydrogens (tertiary/aromatic N) is 3. The Balaban J connectivity index is 3.07. The van der Waals surface area contributed by atoms with Crippen molar-refractivity contribution in [3.05, 3.63) is 10.0 Å². The lowest BCUT2D eigenvalue weighted by Crippen LogP contribution is -2.07. The summed E-state index contributed by atoms with van der Waals surface area (Å²) in [4.78, 5) is 6.25. The highest BCUT2D eigenvalue weighted by molar-refractivity contribution is 7.16. The first kappa shape index (κ1) is 8.31. The van der Waals surface area contributed by atoms with Crippen molar-refractivity contribution >= 4 is 28.1 Å². The van der Waals surface area contributed by atoms with Gasteiger partial charge in [0.25, 0.3) is 0 Å². The highest BCUT2D eigenvalue weighted by Crippen LogP contribution is 2.27. The second-order valence-corrected chi connectivity index (χ2v) is 3.46. The Hall–Kier alpha value is -0.790. The molecule has 0 N–H and O–H groups in total. The van der Waals surface area contributed by atoms with Gasteiger partial charge in [-0.05, 0) is 0 Å². The molecule has 0 atom stereocenters. The molecule has 1 aromatic heterocycles. The van der Waals surface area contributed by atoms with Crippen LogP contribution < -0.4 is 4.90 Å². The number of hydrogen-bond acceptors (Lipinski definition) is 4. The summed E-state index contributed by atoms with van der Waals surface area (Å²) >= 11 is 6.93. The number of rotatable bonds is 1. The molecule has 0 saturated heterocycles. The summed E-state index contributed by atoms with van der Waals surface area (Å²) in [7, 11) is 3.71.